The number of carbonyl (C=O) groups is 2. The summed E-state index contributed by atoms with van der Waals surface area (Å²) in [5.74, 6) is -0.727. The summed E-state index contributed by atoms with van der Waals surface area (Å²) < 4.78 is 27.6. The molecule has 1 N–H and O–H groups in total. The summed E-state index contributed by atoms with van der Waals surface area (Å²) in [6.07, 6.45) is 6.42. The lowest BCUT2D eigenvalue weighted by Crippen LogP contribution is -2.55. The number of benzene rings is 4. The zero-order valence-corrected chi connectivity index (χ0v) is 26.4. The van der Waals surface area contributed by atoms with E-state index in [2.05, 4.69) is 5.32 Å². The minimum Gasteiger partial charge on any atom is -0.352 e. The average molecular weight is 632 g/mol. The summed E-state index contributed by atoms with van der Waals surface area (Å²) >= 11 is 6.32. The van der Waals surface area contributed by atoms with Gasteiger partial charge in [-0.3, -0.25) is 13.9 Å². The first-order chi connectivity index (χ1) is 21.2. The van der Waals surface area contributed by atoms with Gasteiger partial charge < -0.3 is 10.2 Å². The van der Waals surface area contributed by atoms with Crippen molar-refractivity contribution in [3.63, 3.8) is 0 Å². The predicted octanol–water partition coefficient (Wildman–Crippen LogP) is 6.35. The smallest absolute Gasteiger partial charge is 0.244 e. The van der Waals surface area contributed by atoms with Gasteiger partial charge in [-0.15, -0.1) is 0 Å². The second-order valence-corrected chi connectivity index (χ2v) is 13.8. The van der Waals surface area contributed by atoms with Crippen LogP contribution in [0.15, 0.2) is 97.1 Å². The fourth-order valence-electron chi connectivity index (χ4n) is 5.95. The monoisotopic (exact) mass is 631 g/mol. The number of halogens is 1. The Balaban J connectivity index is 1.54. The van der Waals surface area contributed by atoms with E-state index in [1.54, 1.807) is 30.3 Å². The van der Waals surface area contributed by atoms with E-state index in [-0.39, 0.29) is 24.9 Å². The largest absolute Gasteiger partial charge is 0.352 e. The molecule has 9 heteroatoms. The predicted molar refractivity (Wildman–Crippen MR) is 177 cm³/mol. The van der Waals surface area contributed by atoms with E-state index in [0.29, 0.717) is 16.1 Å². The molecule has 4 aromatic carbocycles. The van der Waals surface area contributed by atoms with Gasteiger partial charge in [-0.25, -0.2) is 8.42 Å². The molecule has 2 amide bonds. The number of rotatable bonds is 11. The van der Waals surface area contributed by atoms with Crippen LogP contribution in [0.25, 0.3) is 10.8 Å². The fraction of sp³-hybridized carbons (Fsp3) is 0.314. The molecule has 0 aliphatic heterocycles. The Kier molecular flexibility index (Phi) is 10.2. The third-order valence-electron chi connectivity index (χ3n) is 8.18. The van der Waals surface area contributed by atoms with Gasteiger partial charge in [0.25, 0.3) is 0 Å². The van der Waals surface area contributed by atoms with Crippen molar-refractivity contribution in [1.82, 2.24) is 10.2 Å². The molecule has 1 aliphatic rings. The summed E-state index contributed by atoms with van der Waals surface area (Å²) in [6, 6.07) is 28.8. The number of fused-ring (bicyclic) bond motifs is 1. The van der Waals surface area contributed by atoms with Crippen molar-refractivity contribution in [1.29, 1.82) is 0 Å². The molecule has 0 radical (unpaired) electrons. The number of nitrogens with zero attached hydrogens (tertiary/aromatic N) is 2. The summed E-state index contributed by atoms with van der Waals surface area (Å²) in [5, 5.41) is 5.30. The van der Waals surface area contributed by atoms with E-state index in [4.69, 9.17) is 11.6 Å². The quantitative estimate of drug-likeness (QED) is 0.209. The van der Waals surface area contributed by atoms with Crippen molar-refractivity contribution in [2.45, 2.75) is 57.2 Å². The van der Waals surface area contributed by atoms with Gasteiger partial charge >= 0.3 is 0 Å². The summed E-state index contributed by atoms with van der Waals surface area (Å²) in [7, 11) is -3.88. The van der Waals surface area contributed by atoms with Gasteiger partial charge in [0.15, 0.2) is 0 Å². The molecule has 1 fully saturated rings. The molecule has 7 nitrogen and oxygen atoms in total. The van der Waals surface area contributed by atoms with Crippen LogP contribution in [0.1, 0.15) is 43.2 Å². The number of anilines is 1. The average Bonchev–Trinajstić information content (AvgIpc) is 3.01. The number of hydrogen-bond acceptors (Lipinski definition) is 4. The topological polar surface area (TPSA) is 86.8 Å². The van der Waals surface area contributed by atoms with Crippen molar-refractivity contribution >= 4 is 49.9 Å². The van der Waals surface area contributed by atoms with Crippen molar-refractivity contribution < 1.29 is 18.0 Å². The van der Waals surface area contributed by atoms with E-state index in [9.17, 15) is 18.0 Å². The summed E-state index contributed by atoms with van der Waals surface area (Å²) in [4.78, 5) is 30.0. The van der Waals surface area contributed by atoms with Crippen molar-refractivity contribution in [3.05, 3.63) is 113 Å². The van der Waals surface area contributed by atoms with E-state index in [1.807, 2.05) is 66.7 Å². The highest BCUT2D eigenvalue weighted by atomic mass is 35.5. The first kappa shape index (κ1) is 31.5. The van der Waals surface area contributed by atoms with Crippen LogP contribution in [0.4, 0.5) is 5.69 Å². The number of amides is 2. The van der Waals surface area contributed by atoms with Crippen molar-refractivity contribution in [2.24, 2.45) is 0 Å². The van der Waals surface area contributed by atoms with Crippen LogP contribution in [-0.2, 0) is 32.6 Å². The van der Waals surface area contributed by atoms with Crippen LogP contribution in [0.3, 0.4) is 0 Å². The Bertz CT molecular complexity index is 1700. The first-order valence-electron chi connectivity index (χ1n) is 15.0. The molecule has 0 spiro atoms. The molecule has 230 valence electrons. The highest BCUT2D eigenvalue weighted by molar-refractivity contribution is 7.92. The number of nitrogens with one attached hydrogen (secondary N) is 1. The van der Waals surface area contributed by atoms with Crippen LogP contribution in [0.2, 0.25) is 5.02 Å². The van der Waals surface area contributed by atoms with E-state index in [1.165, 1.54) is 4.90 Å². The molecule has 0 unspecified atom stereocenters. The Morgan fingerprint density at radius 1 is 0.864 bits per heavy atom. The van der Waals surface area contributed by atoms with Crippen LogP contribution >= 0.6 is 11.6 Å². The minimum absolute atomic E-state index is 0.0425. The maximum absolute atomic E-state index is 14.4. The van der Waals surface area contributed by atoms with Crippen LogP contribution in [-0.4, -0.2) is 50.0 Å². The van der Waals surface area contributed by atoms with Gasteiger partial charge in [0.2, 0.25) is 21.8 Å². The normalized spacial score (nSPS) is 14.6. The molecule has 1 atom stereocenters. The second-order valence-electron chi connectivity index (χ2n) is 11.5. The molecular weight excluding hydrogens is 594 g/mol. The second kappa shape index (κ2) is 14.3. The van der Waals surface area contributed by atoms with Gasteiger partial charge in [-0.05, 0) is 47.6 Å². The molecule has 4 aromatic rings. The van der Waals surface area contributed by atoms with Gasteiger partial charge in [-0.1, -0.05) is 110 Å². The Morgan fingerprint density at radius 3 is 2.25 bits per heavy atom. The Hall–Kier alpha value is -3.88. The van der Waals surface area contributed by atoms with Crippen molar-refractivity contribution in [3.8, 4) is 0 Å². The molecular formula is C35H38ClN3O4S. The number of carbonyl (C=O) groups excluding carboxylic acids is 2. The van der Waals surface area contributed by atoms with E-state index in [0.717, 1.165) is 59.2 Å². The standard InChI is InChI=1S/C35H38ClN3O4S/c1-44(42,43)39(32-21-11-16-28-15-8-9-20-31(28)32)25-34(40)38(24-27-14-10-17-29(36)22-27)33(23-26-12-4-2-5-13-26)35(41)37-30-18-6-3-7-19-30/h2,4-5,8-17,20-22,30,33H,3,6-7,18-19,23-25H2,1H3,(H,37,41)/t33-/m0/s1. The van der Waals surface area contributed by atoms with Crippen molar-refractivity contribution in [2.75, 3.05) is 17.1 Å². The van der Waals surface area contributed by atoms with Gasteiger partial charge in [0.1, 0.15) is 12.6 Å². The zero-order valence-electron chi connectivity index (χ0n) is 24.9. The molecule has 0 bridgehead atoms. The lowest BCUT2D eigenvalue weighted by molar-refractivity contribution is -0.140. The fourth-order valence-corrected chi connectivity index (χ4v) is 7.03. The molecule has 0 aromatic heterocycles. The van der Waals surface area contributed by atoms with Gasteiger partial charge in [-0.2, -0.15) is 0 Å². The van der Waals surface area contributed by atoms with Crippen LogP contribution in [0, 0.1) is 0 Å². The lowest BCUT2D eigenvalue weighted by atomic mass is 9.94. The lowest BCUT2D eigenvalue weighted by Gasteiger charge is -2.35. The Labute approximate surface area is 264 Å². The van der Waals surface area contributed by atoms with Gasteiger partial charge in [0, 0.05) is 29.4 Å². The minimum atomic E-state index is -3.88. The third-order valence-corrected chi connectivity index (χ3v) is 9.54. The summed E-state index contributed by atoms with van der Waals surface area (Å²) in [5.41, 5.74) is 2.05. The maximum Gasteiger partial charge on any atom is 0.244 e. The van der Waals surface area contributed by atoms with E-state index >= 15 is 0 Å². The molecule has 44 heavy (non-hydrogen) atoms. The highest BCUT2D eigenvalue weighted by Gasteiger charge is 2.34. The molecule has 0 saturated heterocycles. The molecule has 1 saturated carbocycles. The third kappa shape index (κ3) is 7.98. The summed E-state index contributed by atoms with van der Waals surface area (Å²) in [6.45, 7) is -0.377. The highest BCUT2D eigenvalue weighted by Crippen LogP contribution is 2.29. The number of sulfonamides is 1. The maximum atomic E-state index is 14.4. The zero-order chi connectivity index (χ0) is 31.1. The SMILES string of the molecule is CS(=O)(=O)N(CC(=O)N(Cc1cccc(Cl)c1)[C@@H](Cc1ccccc1)C(=O)NC1CCCCC1)c1cccc2ccccc12. The molecule has 1 aliphatic carbocycles. The van der Waals surface area contributed by atoms with E-state index < -0.39 is 28.5 Å². The Morgan fingerprint density at radius 2 is 1.52 bits per heavy atom. The molecule has 0 heterocycles. The van der Waals surface area contributed by atoms with Gasteiger partial charge in [0.05, 0.1) is 11.9 Å². The van der Waals surface area contributed by atoms with Crippen LogP contribution < -0.4 is 9.62 Å². The number of hydrogen-bond donors (Lipinski definition) is 1. The molecule has 5 rings (SSSR count). The van der Waals surface area contributed by atoms with Crippen LogP contribution in [0.5, 0.6) is 0 Å². The first-order valence-corrected chi connectivity index (χ1v) is 17.3.